The third-order valence-electron chi connectivity index (χ3n) is 6.22. The molecule has 0 spiro atoms. The average molecular weight is 492 g/mol. The van der Waals surface area contributed by atoms with E-state index in [1.54, 1.807) is 41.7 Å². The number of imidazole rings is 1. The van der Waals surface area contributed by atoms with Gasteiger partial charge in [0.1, 0.15) is 24.9 Å². The molecule has 2 aliphatic heterocycles. The van der Waals surface area contributed by atoms with Crippen molar-refractivity contribution in [2.45, 2.75) is 58.0 Å². The number of aryl methyl sites for hydroxylation is 1. The van der Waals surface area contributed by atoms with Crippen LogP contribution in [0.2, 0.25) is 0 Å². The maximum absolute atomic E-state index is 12.8. The smallest absolute Gasteiger partial charge is 0.335 e. The zero-order chi connectivity index (χ0) is 25.3. The van der Waals surface area contributed by atoms with E-state index in [2.05, 4.69) is 4.98 Å². The third-order valence-corrected chi connectivity index (χ3v) is 6.22. The standard InChI is InChI=1S/C22H29N5O8/c1-3-26-18-15(19(31)27(4-2)22(26)33)25(12-23-18)8-9-34-21(32)13-6-5-7-24(10-13)20-17(30)16(29)14(11-28)35-20/h5-7,12,14,16-17,20,28-30H,3-4,8-11H2,1-2H3/t14-,16-,17-,20-/m1/s1. The Labute approximate surface area is 199 Å². The van der Waals surface area contributed by atoms with E-state index in [4.69, 9.17) is 9.47 Å². The van der Waals surface area contributed by atoms with E-state index in [-0.39, 0.29) is 37.4 Å². The number of carbonyl (C=O) groups is 1. The van der Waals surface area contributed by atoms with Crippen LogP contribution in [0, 0.1) is 0 Å². The van der Waals surface area contributed by atoms with Gasteiger partial charge in [-0.05, 0) is 26.0 Å². The normalized spacial score (nSPS) is 24.3. The van der Waals surface area contributed by atoms with Crippen molar-refractivity contribution in [1.82, 2.24) is 23.6 Å². The van der Waals surface area contributed by atoms with Crippen molar-refractivity contribution >= 4 is 17.1 Å². The van der Waals surface area contributed by atoms with Crippen LogP contribution in [-0.4, -0.2) is 89.2 Å². The van der Waals surface area contributed by atoms with Crippen molar-refractivity contribution < 1.29 is 29.6 Å². The summed E-state index contributed by atoms with van der Waals surface area (Å²) in [5.41, 5.74) is -0.0168. The molecule has 4 atom stereocenters. The molecule has 0 amide bonds. The Hall–Kier alpha value is -3.26. The number of aromatic nitrogens is 4. The van der Waals surface area contributed by atoms with Crippen LogP contribution in [0.15, 0.2) is 39.8 Å². The number of hydrogen-bond acceptors (Lipinski definition) is 10. The lowest BCUT2D eigenvalue weighted by molar-refractivity contribution is -0.140. The van der Waals surface area contributed by atoms with Crippen LogP contribution in [0.25, 0.3) is 11.2 Å². The molecule has 190 valence electrons. The fourth-order valence-electron chi connectivity index (χ4n) is 4.33. The van der Waals surface area contributed by atoms with E-state index in [0.29, 0.717) is 12.1 Å². The Bertz CT molecular complexity index is 1280. The summed E-state index contributed by atoms with van der Waals surface area (Å²) in [4.78, 5) is 43.7. The minimum atomic E-state index is -1.26. The number of esters is 1. The molecule has 4 rings (SSSR count). The van der Waals surface area contributed by atoms with Crippen LogP contribution in [0.1, 0.15) is 13.8 Å². The number of aliphatic hydroxyl groups excluding tert-OH is 3. The first-order valence-electron chi connectivity index (χ1n) is 11.4. The lowest BCUT2D eigenvalue weighted by atomic mass is 10.1. The number of fused-ring (bicyclic) bond motifs is 1. The molecular weight excluding hydrogens is 462 g/mol. The van der Waals surface area contributed by atoms with Crippen molar-refractivity contribution in [2.75, 3.05) is 19.8 Å². The first-order chi connectivity index (χ1) is 16.8. The fraction of sp³-hybridized carbons (Fsp3) is 0.545. The minimum Gasteiger partial charge on any atom is -0.460 e. The SMILES string of the molecule is CCn1c(=O)c2c(ncn2CCOC(=O)C2=CC=CN([C@@H]3O[C@H](CO)[C@@H](O)[C@H]3O)C2)n(CC)c1=O. The van der Waals surface area contributed by atoms with Gasteiger partial charge in [-0.1, -0.05) is 0 Å². The Balaban J connectivity index is 1.42. The van der Waals surface area contributed by atoms with E-state index < -0.39 is 48.4 Å². The van der Waals surface area contributed by atoms with Gasteiger partial charge in [-0.3, -0.25) is 13.9 Å². The minimum absolute atomic E-state index is 0.0456. The maximum atomic E-state index is 12.8. The molecule has 13 nitrogen and oxygen atoms in total. The zero-order valence-corrected chi connectivity index (χ0v) is 19.5. The number of ether oxygens (including phenoxy) is 2. The maximum Gasteiger partial charge on any atom is 0.335 e. The zero-order valence-electron chi connectivity index (χ0n) is 19.5. The first-order valence-corrected chi connectivity index (χ1v) is 11.4. The number of allylic oxidation sites excluding steroid dienone is 2. The molecule has 0 saturated carbocycles. The molecule has 4 heterocycles. The summed E-state index contributed by atoms with van der Waals surface area (Å²) in [5.74, 6) is -0.591. The number of rotatable bonds is 8. The molecule has 13 heteroatoms. The summed E-state index contributed by atoms with van der Waals surface area (Å²) in [7, 11) is 0. The van der Waals surface area contributed by atoms with Gasteiger partial charge in [0.15, 0.2) is 17.4 Å². The van der Waals surface area contributed by atoms with Gasteiger partial charge in [0.25, 0.3) is 5.56 Å². The Morgan fingerprint density at radius 3 is 2.60 bits per heavy atom. The first kappa shape index (κ1) is 24.9. The van der Waals surface area contributed by atoms with Crippen molar-refractivity contribution in [3.05, 3.63) is 51.1 Å². The summed E-state index contributed by atoms with van der Waals surface area (Å²) < 4.78 is 15.0. The molecule has 1 saturated heterocycles. The van der Waals surface area contributed by atoms with Gasteiger partial charge in [0.05, 0.1) is 31.6 Å². The summed E-state index contributed by atoms with van der Waals surface area (Å²) in [6, 6.07) is 0. The number of nitrogens with zero attached hydrogens (tertiary/aromatic N) is 5. The van der Waals surface area contributed by atoms with Crippen LogP contribution < -0.4 is 11.2 Å². The molecule has 35 heavy (non-hydrogen) atoms. The van der Waals surface area contributed by atoms with Crippen LogP contribution in [0.5, 0.6) is 0 Å². The van der Waals surface area contributed by atoms with Gasteiger partial charge in [-0.2, -0.15) is 0 Å². The second-order valence-corrected chi connectivity index (χ2v) is 8.26. The highest BCUT2D eigenvalue weighted by Crippen LogP contribution is 2.26. The average Bonchev–Trinajstić information content (AvgIpc) is 3.40. The highest BCUT2D eigenvalue weighted by atomic mass is 16.6. The van der Waals surface area contributed by atoms with E-state index >= 15 is 0 Å². The van der Waals surface area contributed by atoms with Crippen LogP contribution in [0.3, 0.4) is 0 Å². The molecule has 0 aliphatic carbocycles. The largest absolute Gasteiger partial charge is 0.460 e. The highest BCUT2D eigenvalue weighted by molar-refractivity contribution is 5.89. The lowest BCUT2D eigenvalue weighted by Gasteiger charge is -2.31. The number of aliphatic hydroxyl groups is 3. The van der Waals surface area contributed by atoms with E-state index in [0.717, 1.165) is 4.57 Å². The molecule has 0 radical (unpaired) electrons. The van der Waals surface area contributed by atoms with Crippen molar-refractivity contribution in [3.8, 4) is 0 Å². The Morgan fingerprint density at radius 2 is 1.94 bits per heavy atom. The predicted molar refractivity (Wildman–Crippen MR) is 122 cm³/mol. The van der Waals surface area contributed by atoms with Gasteiger partial charge in [0, 0.05) is 19.3 Å². The molecule has 0 bridgehead atoms. The molecule has 0 unspecified atom stereocenters. The van der Waals surface area contributed by atoms with Crippen LogP contribution >= 0.6 is 0 Å². The number of carbonyl (C=O) groups excluding carboxylic acids is 1. The van der Waals surface area contributed by atoms with Crippen molar-refractivity contribution in [2.24, 2.45) is 0 Å². The highest BCUT2D eigenvalue weighted by Gasteiger charge is 2.45. The molecule has 0 aromatic carbocycles. The van der Waals surface area contributed by atoms with Crippen molar-refractivity contribution in [1.29, 1.82) is 0 Å². The molecule has 3 N–H and O–H groups in total. The van der Waals surface area contributed by atoms with Gasteiger partial charge in [0.2, 0.25) is 0 Å². The second-order valence-electron chi connectivity index (χ2n) is 8.26. The third kappa shape index (κ3) is 4.43. The molecule has 2 aromatic heterocycles. The summed E-state index contributed by atoms with van der Waals surface area (Å²) in [5, 5.41) is 29.5. The van der Waals surface area contributed by atoms with Gasteiger partial charge < -0.3 is 34.3 Å². The Morgan fingerprint density at radius 1 is 1.20 bits per heavy atom. The molecule has 1 fully saturated rings. The lowest BCUT2D eigenvalue weighted by Crippen LogP contribution is -2.43. The fourth-order valence-corrected chi connectivity index (χ4v) is 4.33. The van der Waals surface area contributed by atoms with E-state index in [9.17, 15) is 29.7 Å². The van der Waals surface area contributed by atoms with E-state index in [1.165, 1.54) is 10.9 Å². The molecular formula is C22H29N5O8. The van der Waals surface area contributed by atoms with Gasteiger partial charge in [-0.15, -0.1) is 0 Å². The molecule has 2 aromatic rings. The van der Waals surface area contributed by atoms with E-state index in [1.807, 2.05) is 0 Å². The number of hydrogen-bond donors (Lipinski definition) is 3. The summed E-state index contributed by atoms with van der Waals surface area (Å²) in [6.45, 7) is 3.82. The predicted octanol–water partition coefficient (Wildman–Crippen LogP) is -1.86. The van der Waals surface area contributed by atoms with Crippen LogP contribution in [-0.2, 0) is 33.9 Å². The Kier molecular flexibility index (Phi) is 7.21. The van der Waals surface area contributed by atoms with Gasteiger partial charge in [-0.25, -0.2) is 14.6 Å². The summed E-state index contributed by atoms with van der Waals surface area (Å²) in [6.07, 6.45) is 1.88. The van der Waals surface area contributed by atoms with Crippen molar-refractivity contribution in [3.63, 3.8) is 0 Å². The molecule has 2 aliphatic rings. The topological polar surface area (TPSA) is 161 Å². The second kappa shape index (κ2) is 10.2. The summed E-state index contributed by atoms with van der Waals surface area (Å²) >= 11 is 0. The van der Waals surface area contributed by atoms with Crippen LogP contribution in [0.4, 0.5) is 0 Å². The van der Waals surface area contributed by atoms with Gasteiger partial charge >= 0.3 is 11.7 Å². The quantitative estimate of drug-likeness (QED) is 0.357. The monoisotopic (exact) mass is 491 g/mol.